The third-order valence-corrected chi connectivity index (χ3v) is 3.93. The predicted octanol–water partition coefficient (Wildman–Crippen LogP) is 2.90. The van der Waals surface area contributed by atoms with Crippen molar-refractivity contribution in [2.24, 2.45) is 0 Å². The molecule has 0 atom stereocenters. The molecule has 2 aromatic rings. The van der Waals surface area contributed by atoms with Crippen molar-refractivity contribution in [1.82, 2.24) is 5.32 Å². The van der Waals surface area contributed by atoms with Gasteiger partial charge in [0.2, 0.25) is 12.5 Å². The molecule has 7 nitrogen and oxygen atoms in total. The largest absolute Gasteiger partial charge is 0.497 e. The number of hydrogen-bond donors (Lipinski definition) is 1. The van der Waals surface area contributed by atoms with Crippen LogP contribution in [0.1, 0.15) is 11.1 Å². The summed E-state index contributed by atoms with van der Waals surface area (Å²) in [6.45, 7) is 0.822. The van der Waals surface area contributed by atoms with Gasteiger partial charge in [-0.25, -0.2) is 4.79 Å². The van der Waals surface area contributed by atoms with Crippen LogP contribution in [0.3, 0.4) is 0 Å². The van der Waals surface area contributed by atoms with E-state index >= 15 is 0 Å². The smallest absolute Gasteiger partial charge is 0.407 e. The van der Waals surface area contributed by atoms with Gasteiger partial charge >= 0.3 is 6.09 Å². The number of hydrogen-bond acceptors (Lipinski definition) is 6. The van der Waals surface area contributed by atoms with E-state index in [1.54, 1.807) is 14.2 Å². The summed E-state index contributed by atoms with van der Waals surface area (Å²) in [4.78, 5) is 11.8. The zero-order chi connectivity index (χ0) is 18.4. The topological polar surface area (TPSA) is 75.3 Å². The minimum atomic E-state index is -0.464. The van der Waals surface area contributed by atoms with Crippen molar-refractivity contribution >= 4 is 6.09 Å². The third kappa shape index (κ3) is 4.30. The Balaban J connectivity index is 1.45. The fourth-order valence-electron chi connectivity index (χ4n) is 2.56. The molecule has 0 aliphatic carbocycles. The first-order chi connectivity index (χ1) is 12.7. The Morgan fingerprint density at radius 2 is 1.88 bits per heavy atom. The number of ether oxygens (including phenoxy) is 5. The van der Waals surface area contributed by atoms with Gasteiger partial charge in [-0.15, -0.1) is 0 Å². The van der Waals surface area contributed by atoms with Gasteiger partial charge in [0, 0.05) is 6.54 Å². The van der Waals surface area contributed by atoms with Crippen molar-refractivity contribution in [3.05, 3.63) is 47.5 Å². The van der Waals surface area contributed by atoms with Crippen LogP contribution in [-0.4, -0.2) is 33.7 Å². The number of rotatable bonds is 7. The maximum absolute atomic E-state index is 11.8. The van der Waals surface area contributed by atoms with Crippen LogP contribution < -0.4 is 24.3 Å². The first kappa shape index (κ1) is 17.7. The first-order valence-corrected chi connectivity index (χ1v) is 8.19. The van der Waals surface area contributed by atoms with Crippen LogP contribution in [0.5, 0.6) is 23.0 Å². The minimum absolute atomic E-state index is 0.186. The molecule has 1 N–H and O–H groups in total. The van der Waals surface area contributed by atoms with Gasteiger partial charge in [-0.2, -0.15) is 0 Å². The summed E-state index contributed by atoms with van der Waals surface area (Å²) in [6, 6.07) is 11.1. The normalized spacial score (nSPS) is 11.8. The van der Waals surface area contributed by atoms with Crippen LogP contribution >= 0.6 is 0 Å². The van der Waals surface area contributed by atoms with Crippen molar-refractivity contribution in [1.29, 1.82) is 0 Å². The third-order valence-electron chi connectivity index (χ3n) is 3.93. The summed E-state index contributed by atoms with van der Waals surface area (Å²) in [5, 5.41) is 2.73. The number of carbonyl (C=O) groups excluding carboxylic acids is 1. The van der Waals surface area contributed by atoms with Gasteiger partial charge in [-0.3, -0.25) is 0 Å². The van der Waals surface area contributed by atoms with E-state index in [-0.39, 0.29) is 13.4 Å². The number of carbonyl (C=O) groups is 1. The number of benzene rings is 2. The second-order valence-electron chi connectivity index (χ2n) is 5.63. The molecule has 0 spiro atoms. The molecule has 0 fully saturated rings. The van der Waals surface area contributed by atoms with Gasteiger partial charge in [0.15, 0.2) is 11.5 Å². The summed E-state index contributed by atoms with van der Waals surface area (Å²) in [6.07, 6.45) is 0.151. The van der Waals surface area contributed by atoms with E-state index in [0.29, 0.717) is 30.2 Å². The van der Waals surface area contributed by atoms with Crippen molar-refractivity contribution in [2.75, 3.05) is 27.6 Å². The predicted molar refractivity (Wildman–Crippen MR) is 94.0 cm³/mol. The standard InChI is InChI=1S/C19H21NO6/c1-22-15-5-3-13(4-6-15)11-24-19(21)20-8-7-14-9-16(23-2)18-17(10-14)25-12-26-18/h3-6,9-10H,7-8,11-12H2,1-2H3,(H,20,21). The number of fused-ring (bicyclic) bond motifs is 1. The molecule has 138 valence electrons. The zero-order valence-electron chi connectivity index (χ0n) is 14.7. The molecular weight excluding hydrogens is 338 g/mol. The monoisotopic (exact) mass is 359 g/mol. The molecule has 1 aliphatic rings. The van der Waals surface area contributed by atoms with Crippen LogP contribution in [0, 0.1) is 0 Å². The molecule has 26 heavy (non-hydrogen) atoms. The molecule has 1 heterocycles. The van der Waals surface area contributed by atoms with E-state index < -0.39 is 6.09 Å². The fourth-order valence-corrected chi connectivity index (χ4v) is 2.56. The Morgan fingerprint density at radius 1 is 1.08 bits per heavy atom. The summed E-state index contributed by atoms with van der Waals surface area (Å²) >= 11 is 0. The highest BCUT2D eigenvalue weighted by Crippen LogP contribution is 2.41. The lowest BCUT2D eigenvalue weighted by atomic mass is 10.1. The Hall–Kier alpha value is -3.09. The van der Waals surface area contributed by atoms with Crippen LogP contribution in [-0.2, 0) is 17.8 Å². The molecule has 1 amide bonds. The molecule has 2 aromatic carbocycles. The van der Waals surface area contributed by atoms with E-state index in [2.05, 4.69) is 5.32 Å². The fraction of sp³-hybridized carbons (Fsp3) is 0.316. The molecule has 0 aromatic heterocycles. The maximum atomic E-state index is 11.8. The van der Waals surface area contributed by atoms with Gasteiger partial charge < -0.3 is 29.0 Å². The summed E-state index contributed by atoms with van der Waals surface area (Å²) in [7, 11) is 3.19. The molecule has 0 radical (unpaired) electrons. The highest BCUT2D eigenvalue weighted by molar-refractivity contribution is 5.67. The summed E-state index contributed by atoms with van der Waals surface area (Å²) < 4.78 is 26.3. The lowest BCUT2D eigenvalue weighted by Crippen LogP contribution is -2.26. The average molecular weight is 359 g/mol. The molecule has 0 unspecified atom stereocenters. The van der Waals surface area contributed by atoms with Gasteiger partial charge in [0.25, 0.3) is 0 Å². The quantitative estimate of drug-likeness (QED) is 0.819. The van der Waals surface area contributed by atoms with Gasteiger partial charge in [-0.05, 0) is 41.8 Å². The van der Waals surface area contributed by atoms with Gasteiger partial charge in [0.1, 0.15) is 12.4 Å². The van der Waals surface area contributed by atoms with E-state index in [1.165, 1.54) is 0 Å². The Kier molecular flexibility index (Phi) is 5.68. The first-order valence-electron chi connectivity index (χ1n) is 8.19. The van der Waals surface area contributed by atoms with E-state index in [0.717, 1.165) is 16.9 Å². The SMILES string of the molecule is COc1ccc(COC(=O)NCCc2cc(OC)c3c(c2)OCO3)cc1. The second kappa shape index (κ2) is 8.33. The van der Waals surface area contributed by atoms with Crippen molar-refractivity contribution in [3.63, 3.8) is 0 Å². The molecule has 1 aliphatic heterocycles. The van der Waals surface area contributed by atoms with E-state index in [1.807, 2.05) is 36.4 Å². The molecular formula is C19H21NO6. The van der Waals surface area contributed by atoms with Gasteiger partial charge in [-0.1, -0.05) is 12.1 Å². The molecule has 3 rings (SSSR count). The Morgan fingerprint density at radius 3 is 2.62 bits per heavy atom. The molecule has 0 saturated heterocycles. The highest BCUT2D eigenvalue weighted by atomic mass is 16.7. The Bertz CT molecular complexity index is 759. The van der Waals surface area contributed by atoms with Crippen LogP contribution in [0.15, 0.2) is 36.4 Å². The van der Waals surface area contributed by atoms with Crippen LogP contribution in [0.4, 0.5) is 4.79 Å². The molecule has 0 saturated carbocycles. The van der Waals surface area contributed by atoms with Crippen molar-refractivity contribution in [3.8, 4) is 23.0 Å². The highest BCUT2D eigenvalue weighted by Gasteiger charge is 2.20. The maximum Gasteiger partial charge on any atom is 0.407 e. The minimum Gasteiger partial charge on any atom is -0.497 e. The lowest BCUT2D eigenvalue weighted by Gasteiger charge is -2.10. The zero-order valence-corrected chi connectivity index (χ0v) is 14.7. The lowest BCUT2D eigenvalue weighted by molar-refractivity contribution is 0.140. The molecule has 7 heteroatoms. The van der Waals surface area contributed by atoms with Crippen molar-refractivity contribution in [2.45, 2.75) is 13.0 Å². The van der Waals surface area contributed by atoms with E-state index in [4.69, 9.17) is 23.7 Å². The summed E-state index contributed by atoms with van der Waals surface area (Å²) in [5.74, 6) is 2.65. The number of methoxy groups -OCH3 is 2. The number of alkyl carbamates (subject to hydrolysis) is 1. The average Bonchev–Trinajstić information content (AvgIpc) is 3.14. The van der Waals surface area contributed by atoms with Crippen molar-refractivity contribution < 1.29 is 28.5 Å². The van der Waals surface area contributed by atoms with E-state index in [9.17, 15) is 4.79 Å². The second-order valence-corrected chi connectivity index (χ2v) is 5.63. The molecule has 0 bridgehead atoms. The summed E-state index contributed by atoms with van der Waals surface area (Å²) in [5.41, 5.74) is 1.86. The number of nitrogens with one attached hydrogen (secondary N) is 1. The van der Waals surface area contributed by atoms with Crippen LogP contribution in [0.2, 0.25) is 0 Å². The Labute approximate surface area is 151 Å². The number of amides is 1. The van der Waals surface area contributed by atoms with Crippen LogP contribution in [0.25, 0.3) is 0 Å². The van der Waals surface area contributed by atoms with Gasteiger partial charge in [0.05, 0.1) is 14.2 Å².